The van der Waals surface area contributed by atoms with E-state index in [1.807, 2.05) is 20.2 Å². The van der Waals surface area contributed by atoms with E-state index in [0.717, 1.165) is 29.4 Å². The number of hydrogen-bond donors (Lipinski definition) is 0. The maximum Gasteiger partial charge on any atom is 0.141 e. The van der Waals surface area contributed by atoms with Crippen molar-refractivity contribution >= 4 is 31.9 Å². The fourth-order valence-electron chi connectivity index (χ4n) is 1.37. The van der Waals surface area contributed by atoms with Gasteiger partial charge in [-0.25, -0.2) is 4.39 Å². The Labute approximate surface area is 107 Å². The second kappa shape index (κ2) is 5.97. The molecule has 84 valence electrons. The molecule has 4 heteroatoms. The number of benzene rings is 1. The summed E-state index contributed by atoms with van der Waals surface area (Å²) in [4.78, 5) is 2.10. The van der Waals surface area contributed by atoms with Crippen LogP contribution in [0.25, 0.3) is 0 Å². The third-order valence-corrected chi connectivity index (χ3v) is 3.53. The summed E-state index contributed by atoms with van der Waals surface area (Å²) in [7, 11) is 4.04. The van der Waals surface area contributed by atoms with Crippen LogP contribution in [0.15, 0.2) is 21.1 Å². The van der Waals surface area contributed by atoms with Gasteiger partial charge in [-0.15, -0.1) is 0 Å². The zero-order chi connectivity index (χ0) is 11.4. The first kappa shape index (κ1) is 13.1. The van der Waals surface area contributed by atoms with Crippen LogP contribution in [0.1, 0.15) is 12.0 Å². The van der Waals surface area contributed by atoms with E-state index in [1.165, 1.54) is 0 Å². The van der Waals surface area contributed by atoms with Gasteiger partial charge in [0.1, 0.15) is 5.82 Å². The van der Waals surface area contributed by atoms with Gasteiger partial charge >= 0.3 is 0 Å². The lowest BCUT2D eigenvalue weighted by Gasteiger charge is -2.11. The number of hydrogen-bond acceptors (Lipinski definition) is 1. The molecule has 0 atom stereocenters. The summed E-state index contributed by atoms with van der Waals surface area (Å²) >= 11 is 6.57. The Hall–Kier alpha value is 0.0700. The van der Waals surface area contributed by atoms with Crippen molar-refractivity contribution in [1.82, 2.24) is 4.90 Å². The summed E-state index contributed by atoms with van der Waals surface area (Å²) in [5, 5.41) is 0. The van der Waals surface area contributed by atoms with E-state index in [0.29, 0.717) is 4.47 Å². The van der Waals surface area contributed by atoms with Crippen molar-refractivity contribution in [3.63, 3.8) is 0 Å². The molecule has 0 saturated heterocycles. The van der Waals surface area contributed by atoms with Gasteiger partial charge < -0.3 is 4.90 Å². The highest BCUT2D eigenvalue weighted by Gasteiger charge is 2.10. The van der Waals surface area contributed by atoms with Crippen LogP contribution in [0, 0.1) is 5.82 Å². The summed E-state index contributed by atoms with van der Waals surface area (Å²) in [6.07, 6.45) is 1.71. The topological polar surface area (TPSA) is 3.24 Å². The van der Waals surface area contributed by atoms with E-state index in [2.05, 4.69) is 36.8 Å². The van der Waals surface area contributed by atoms with Gasteiger partial charge in [-0.3, -0.25) is 0 Å². The van der Waals surface area contributed by atoms with Gasteiger partial charge in [0.2, 0.25) is 0 Å². The van der Waals surface area contributed by atoms with Crippen molar-refractivity contribution in [1.29, 1.82) is 0 Å². The third kappa shape index (κ3) is 3.85. The SMILES string of the molecule is CN(C)CCCc1c(Br)ccc(Br)c1F. The summed E-state index contributed by atoms with van der Waals surface area (Å²) in [6, 6.07) is 3.59. The highest BCUT2D eigenvalue weighted by atomic mass is 79.9. The smallest absolute Gasteiger partial charge is 0.141 e. The first-order valence-electron chi connectivity index (χ1n) is 4.79. The molecular formula is C11H14Br2FN. The Kier molecular flexibility index (Phi) is 5.23. The van der Waals surface area contributed by atoms with Crippen LogP contribution >= 0.6 is 31.9 Å². The van der Waals surface area contributed by atoms with Gasteiger partial charge in [-0.1, -0.05) is 15.9 Å². The molecule has 0 radical (unpaired) electrons. The Morgan fingerprint density at radius 2 is 1.80 bits per heavy atom. The van der Waals surface area contributed by atoms with Crippen molar-refractivity contribution in [2.45, 2.75) is 12.8 Å². The number of halogens is 3. The van der Waals surface area contributed by atoms with Gasteiger partial charge in [-0.05, 0) is 61.5 Å². The Bertz CT molecular complexity index is 340. The second-order valence-corrected chi connectivity index (χ2v) is 5.44. The lowest BCUT2D eigenvalue weighted by atomic mass is 10.1. The molecule has 1 rings (SSSR count). The summed E-state index contributed by atoms with van der Waals surface area (Å²) in [5.74, 6) is -0.150. The Balaban J connectivity index is 2.71. The van der Waals surface area contributed by atoms with Gasteiger partial charge in [0.05, 0.1) is 4.47 Å². The molecule has 0 unspecified atom stereocenters. The van der Waals surface area contributed by atoms with Crippen LogP contribution in [-0.2, 0) is 6.42 Å². The van der Waals surface area contributed by atoms with E-state index in [9.17, 15) is 4.39 Å². The van der Waals surface area contributed by atoms with Crippen LogP contribution in [-0.4, -0.2) is 25.5 Å². The summed E-state index contributed by atoms with van der Waals surface area (Å²) in [5.41, 5.74) is 0.756. The quantitative estimate of drug-likeness (QED) is 0.754. The van der Waals surface area contributed by atoms with Gasteiger partial charge in [0.25, 0.3) is 0 Å². The molecule has 0 heterocycles. The minimum absolute atomic E-state index is 0.150. The molecule has 0 bridgehead atoms. The molecule has 0 aliphatic heterocycles. The van der Waals surface area contributed by atoms with E-state index >= 15 is 0 Å². The van der Waals surface area contributed by atoms with Crippen molar-refractivity contribution < 1.29 is 4.39 Å². The first-order chi connectivity index (χ1) is 7.02. The standard InChI is InChI=1S/C11H14Br2FN/c1-15(2)7-3-4-8-9(12)5-6-10(13)11(8)14/h5-6H,3-4,7H2,1-2H3. The summed E-state index contributed by atoms with van der Waals surface area (Å²) < 4.78 is 15.1. The van der Waals surface area contributed by atoms with Gasteiger partial charge in [0.15, 0.2) is 0 Å². The molecule has 0 aliphatic carbocycles. The predicted molar refractivity (Wildman–Crippen MR) is 68.7 cm³/mol. The molecule has 1 aromatic rings. The van der Waals surface area contributed by atoms with E-state index < -0.39 is 0 Å². The van der Waals surface area contributed by atoms with Crippen molar-refractivity contribution in [2.24, 2.45) is 0 Å². The first-order valence-corrected chi connectivity index (χ1v) is 6.38. The summed E-state index contributed by atoms with van der Waals surface area (Å²) in [6.45, 7) is 0.971. The van der Waals surface area contributed by atoms with Crippen molar-refractivity contribution in [3.8, 4) is 0 Å². The normalized spacial score (nSPS) is 11.1. The van der Waals surface area contributed by atoms with E-state index in [-0.39, 0.29) is 5.82 Å². The maximum atomic E-state index is 13.7. The van der Waals surface area contributed by atoms with Gasteiger partial charge in [0, 0.05) is 10.0 Å². The number of rotatable bonds is 4. The Morgan fingerprint density at radius 3 is 2.40 bits per heavy atom. The Morgan fingerprint density at radius 1 is 1.20 bits per heavy atom. The molecule has 1 aromatic carbocycles. The predicted octanol–water partition coefficient (Wildman–Crippen LogP) is 3.84. The van der Waals surface area contributed by atoms with Crippen molar-refractivity contribution in [3.05, 3.63) is 32.5 Å². The molecule has 15 heavy (non-hydrogen) atoms. The second-order valence-electron chi connectivity index (χ2n) is 3.73. The highest BCUT2D eigenvalue weighted by Crippen LogP contribution is 2.27. The lowest BCUT2D eigenvalue weighted by molar-refractivity contribution is 0.398. The average Bonchev–Trinajstić information content (AvgIpc) is 2.17. The molecular weight excluding hydrogens is 325 g/mol. The average molecular weight is 339 g/mol. The fraction of sp³-hybridized carbons (Fsp3) is 0.455. The molecule has 0 spiro atoms. The van der Waals surface area contributed by atoms with Crippen LogP contribution in [0.2, 0.25) is 0 Å². The maximum absolute atomic E-state index is 13.7. The fourth-order valence-corrected chi connectivity index (χ4v) is 2.25. The molecule has 0 N–H and O–H groups in total. The molecule has 0 aliphatic rings. The van der Waals surface area contributed by atoms with Crippen LogP contribution in [0.4, 0.5) is 4.39 Å². The number of nitrogens with zero attached hydrogens (tertiary/aromatic N) is 1. The third-order valence-electron chi connectivity index (χ3n) is 2.17. The minimum Gasteiger partial charge on any atom is -0.309 e. The molecule has 0 amide bonds. The monoisotopic (exact) mass is 337 g/mol. The van der Waals surface area contributed by atoms with E-state index in [4.69, 9.17) is 0 Å². The van der Waals surface area contributed by atoms with Crippen LogP contribution < -0.4 is 0 Å². The lowest BCUT2D eigenvalue weighted by Crippen LogP contribution is -2.13. The molecule has 1 nitrogen and oxygen atoms in total. The van der Waals surface area contributed by atoms with Crippen LogP contribution in [0.5, 0.6) is 0 Å². The minimum atomic E-state index is -0.150. The van der Waals surface area contributed by atoms with Crippen LogP contribution in [0.3, 0.4) is 0 Å². The van der Waals surface area contributed by atoms with Crippen molar-refractivity contribution in [2.75, 3.05) is 20.6 Å². The molecule has 0 saturated carbocycles. The van der Waals surface area contributed by atoms with Gasteiger partial charge in [-0.2, -0.15) is 0 Å². The van der Waals surface area contributed by atoms with E-state index in [1.54, 1.807) is 6.07 Å². The largest absolute Gasteiger partial charge is 0.309 e. The zero-order valence-electron chi connectivity index (χ0n) is 8.86. The molecule has 0 aromatic heterocycles. The highest BCUT2D eigenvalue weighted by molar-refractivity contribution is 9.11. The zero-order valence-corrected chi connectivity index (χ0v) is 12.0. The molecule has 0 fully saturated rings.